The zero-order valence-corrected chi connectivity index (χ0v) is 19.2. The normalized spacial score (nSPS) is 11.0. The molecule has 0 fully saturated rings. The summed E-state index contributed by atoms with van der Waals surface area (Å²) in [5.74, 6) is 0.258. The van der Waals surface area contributed by atoms with Gasteiger partial charge >= 0.3 is 0 Å². The van der Waals surface area contributed by atoms with Crippen molar-refractivity contribution < 1.29 is 9.53 Å². The lowest BCUT2D eigenvalue weighted by molar-refractivity contribution is -0.116. The average molecular weight is 469 g/mol. The number of halogens is 1. The van der Waals surface area contributed by atoms with Gasteiger partial charge in [0.05, 0.1) is 11.4 Å². The van der Waals surface area contributed by atoms with Crippen LogP contribution in [-0.2, 0) is 11.4 Å². The first kappa shape index (κ1) is 22.8. The number of benzene rings is 3. The summed E-state index contributed by atoms with van der Waals surface area (Å²) < 4.78 is 7.61. The Morgan fingerprint density at radius 3 is 2.44 bits per heavy atom. The molecule has 1 heterocycles. The highest BCUT2D eigenvalue weighted by molar-refractivity contribution is 6.30. The van der Waals surface area contributed by atoms with Crippen molar-refractivity contribution in [1.82, 2.24) is 15.1 Å². The number of aromatic nitrogens is 2. The standard InChI is InChI=1S/C27H21ClN4O2/c1-30-27(33)21(16-29)15-22-17-32(24-5-3-2-4-6-24)31-26(22)20-9-13-25(14-10-20)34-18-19-7-11-23(28)12-8-19/h2-15,17H,18H2,1H3,(H,30,33)/b21-15+. The fourth-order valence-electron chi connectivity index (χ4n) is 3.33. The number of ether oxygens (including phenoxy) is 1. The van der Waals surface area contributed by atoms with E-state index in [1.54, 1.807) is 17.0 Å². The van der Waals surface area contributed by atoms with Gasteiger partial charge in [-0.1, -0.05) is 41.9 Å². The second kappa shape index (κ2) is 10.5. The van der Waals surface area contributed by atoms with Crippen molar-refractivity contribution in [2.24, 2.45) is 0 Å². The molecule has 4 rings (SSSR count). The van der Waals surface area contributed by atoms with E-state index < -0.39 is 5.91 Å². The molecular formula is C27H21ClN4O2. The summed E-state index contributed by atoms with van der Waals surface area (Å²) >= 11 is 5.93. The highest BCUT2D eigenvalue weighted by Crippen LogP contribution is 2.28. The predicted octanol–water partition coefficient (Wildman–Crippen LogP) is 5.42. The lowest BCUT2D eigenvalue weighted by Gasteiger charge is -2.07. The fourth-order valence-corrected chi connectivity index (χ4v) is 3.45. The van der Waals surface area contributed by atoms with Crippen LogP contribution in [0.2, 0.25) is 5.02 Å². The average Bonchev–Trinajstić information content (AvgIpc) is 3.31. The van der Waals surface area contributed by atoms with Gasteiger partial charge in [0.1, 0.15) is 24.0 Å². The summed E-state index contributed by atoms with van der Waals surface area (Å²) in [6.45, 7) is 0.421. The van der Waals surface area contributed by atoms with Crippen LogP contribution in [-0.4, -0.2) is 22.7 Å². The molecule has 1 N–H and O–H groups in total. The third-order valence-corrected chi connectivity index (χ3v) is 5.35. The van der Waals surface area contributed by atoms with Gasteiger partial charge in [-0.2, -0.15) is 10.4 Å². The largest absolute Gasteiger partial charge is 0.489 e. The second-order valence-corrected chi connectivity index (χ2v) is 7.84. The van der Waals surface area contributed by atoms with E-state index in [0.717, 1.165) is 16.8 Å². The summed E-state index contributed by atoms with van der Waals surface area (Å²) in [6, 6.07) is 26.6. The van der Waals surface area contributed by atoms with Crippen LogP contribution in [0.1, 0.15) is 11.1 Å². The van der Waals surface area contributed by atoms with Crippen molar-refractivity contribution in [3.05, 3.63) is 107 Å². The van der Waals surface area contributed by atoms with E-state index in [0.29, 0.717) is 28.6 Å². The van der Waals surface area contributed by atoms with Gasteiger partial charge in [0, 0.05) is 29.4 Å². The van der Waals surface area contributed by atoms with Gasteiger partial charge in [0.2, 0.25) is 0 Å². The molecule has 34 heavy (non-hydrogen) atoms. The first-order valence-corrected chi connectivity index (χ1v) is 10.9. The highest BCUT2D eigenvalue weighted by atomic mass is 35.5. The molecule has 4 aromatic rings. The number of hydrogen-bond donors (Lipinski definition) is 1. The molecule has 168 valence electrons. The van der Waals surface area contributed by atoms with Crippen molar-refractivity contribution in [3.63, 3.8) is 0 Å². The summed E-state index contributed by atoms with van der Waals surface area (Å²) in [6.07, 6.45) is 3.35. The first-order chi connectivity index (χ1) is 16.6. The number of likely N-dealkylation sites (N-methyl/N-ethyl adjacent to an activating group) is 1. The first-order valence-electron chi connectivity index (χ1n) is 10.5. The third kappa shape index (κ3) is 5.34. The van der Waals surface area contributed by atoms with Crippen molar-refractivity contribution in [3.8, 4) is 28.8 Å². The molecule has 0 aliphatic carbocycles. The zero-order valence-electron chi connectivity index (χ0n) is 18.4. The van der Waals surface area contributed by atoms with Crippen LogP contribution >= 0.6 is 11.6 Å². The SMILES string of the molecule is CNC(=O)/C(C#N)=C/c1cn(-c2ccccc2)nc1-c1ccc(OCc2ccc(Cl)cc2)cc1. The Hall–Kier alpha value is -4.34. The Bertz CT molecular complexity index is 1350. The minimum atomic E-state index is -0.452. The van der Waals surface area contributed by atoms with Crippen LogP contribution in [0.3, 0.4) is 0 Å². The monoisotopic (exact) mass is 468 g/mol. The molecule has 0 atom stereocenters. The molecule has 1 aromatic heterocycles. The molecule has 0 saturated heterocycles. The van der Waals surface area contributed by atoms with Crippen LogP contribution in [0.5, 0.6) is 5.75 Å². The van der Waals surface area contributed by atoms with Gasteiger partial charge in [0.25, 0.3) is 5.91 Å². The Morgan fingerprint density at radius 2 is 1.79 bits per heavy atom. The Labute approximate surface area is 202 Å². The second-order valence-electron chi connectivity index (χ2n) is 7.40. The van der Waals surface area contributed by atoms with Gasteiger partial charge in [-0.25, -0.2) is 4.68 Å². The summed E-state index contributed by atoms with van der Waals surface area (Å²) in [4.78, 5) is 12.1. The molecule has 0 unspecified atom stereocenters. The number of nitriles is 1. The Morgan fingerprint density at radius 1 is 1.09 bits per heavy atom. The number of rotatable bonds is 7. The van der Waals surface area contributed by atoms with Crippen LogP contribution < -0.4 is 10.1 Å². The van der Waals surface area contributed by atoms with E-state index in [1.807, 2.05) is 84.9 Å². The predicted molar refractivity (Wildman–Crippen MR) is 132 cm³/mol. The van der Waals surface area contributed by atoms with Crippen molar-refractivity contribution in [2.45, 2.75) is 6.61 Å². The Kier molecular flexibility index (Phi) is 7.07. The van der Waals surface area contributed by atoms with Crippen molar-refractivity contribution in [2.75, 3.05) is 7.05 Å². The van der Waals surface area contributed by atoms with Crippen LogP contribution in [0, 0.1) is 11.3 Å². The van der Waals surface area contributed by atoms with E-state index in [4.69, 9.17) is 21.4 Å². The van der Waals surface area contributed by atoms with Gasteiger partial charge < -0.3 is 10.1 Å². The van der Waals surface area contributed by atoms with E-state index in [-0.39, 0.29) is 5.57 Å². The molecule has 0 radical (unpaired) electrons. The van der Waals surface area contributed by atoms with Crippen molar-refractivity contribution in [1.29, 1.82) is 5.26 Å². The number of carbonyl (C=O) groups excluding carboxylic acids is 1. The molecule has 6 nitrogen and oxygen atoms in total. The van der Waals surface area contributed by atoms with Crippen molar-refractivity contribution >= 4 is 23.6 Å². The zero-order chi connectivity index (χ0) is 23.9. The lowest BCUT2D eigenvalue weighted by atomic mass is 10.1. The van der Waals surface area contributed by atoms with E-state index >= 15 is 0 Å². The molecule has 1 amide bonds. The number of nitrogens with zero attached hydrogens (tertiary/aromatic N) is 3. The number of para-hydroxylation sites is 1. The summed E-state index contributed by atoms with van der Waals surface area (Å²) in [7, 11) is 1.49. The maximum absolute atomic E-state index is 12.1. The molecule has 0 saturated carbocycles. The van der Waals surface area contributed by atoms with Crippen LogP contribution in [0.15, 0.2) is 90.6 Å². The molecule has 0 aliphatic rings. The van der Waals surface area contributed by atoms with Gasteiger partial charge in [-0.05, 0) is 60.2 Å². The summed E-state index contributed by atoms with van der Waals surface area (Å²) in [5, 5.41) is 17.4. The topological polar surface area (TPSA) is 79.9 Å². The maximum atomic E-state index is 12.1. The Balaban J connectivity index is 1.64. The number of carbonyl (C=O) groups is 1. The molecule has 0 bridgehead atoms. The molecule has 3 aromatic carbocycles. The van der Waals surface area contributed by atoms with E-state index in [2.05, 4.69) is 5.32 Å². The maximum Gasteiger partial charge on any atom is 0.261 e. The molecule has 0 spiro atoms. The number of amides is 1. The minimum absolute atomic E-state index is 0.000667. The fraction of sp³-hybridized carbons (Fsp3) is 0.0741. The van der Waals surface area contributed by atoms with E-state index in [9.17, 15) is 10.1 Å². The number of nitrogens with one attached hydrogen (secondary N) is 1. The van der Waals surface area contributed by atoms with Crippen LogP contribution in [0.25, 0.3) is 23.0 Å². The lowest BCUT2D eigenvalue weighted by Crippen LogP contribution is -2.19. The number of hydrogen-bond acceptors (Lipinski definition) is 4. The smallest absolute Gasteiger partial charge is 0.261 e. The molecular weight excluding hydrogens is 448 g/mol. The quantitative estimate of drug-likeness (QED) is 0.290. The summed E-state index contributed by atoms with van der Waals surface area (Å²) in [5.41, 5.74) is 4.00. The third-order valence-electron chi connectivity index (χ3n) is 5.10. The molecule has 7 heteroatoms. The van der Waals surface area contributed by atoms with Gasteiger partial charge in [-0.15, -0.1) is 0 Å². The highest BCUT2D eigenvalue weighted by Gasteiger charge is 2.14. The van der Waals surface area contributed by atoms with E-state index in [1.165, 1.54) is 7.05 Å². The molecule has 0 aliphatic heterocycles. The van der Waals surface area contributed by atoms with Crippen LogP contribution in [0.4, 0.5) is 0 Å². The van der Waals surface area contributed by atoms with Gasteiger partial charge in [-0.3, -0.25) is 4.79 Å². The van der Waals surface area contributed by atoms with Gasteiger partial charge in [0.15, 0.2) is 0 Å². The minimum Gasteiger partial charge on any atom is -0.489 e.